The molecule has 3 fully saturated rings. The van der Waals surface area contributed by atoms with Gasteiger partial charge in [-0.05, 0) is 39.2 Å². The van der Waals surface area contributed by atoms with Crippen molar-refractivity contribution in [2.24, 2.45) is 5.92 Å². The molecule has 0 radical (unpaired) electrons. The van der Waals surface area contributed by atoms with E-state index in [-0.39, 0.29) is 48.8 Å². The van der Waals surface area contributed by atoms with Crippen LogP contribution in [-0.2, 0) is 16.2 Å². The van der Waals surface area contributed by atoms with Crippen LogP contribution in [0.4, 0.5) is 16.6 Å². The Morgan fingerprint density at radius 1 is 1.07 bits per heavy atom. The van der Waals surface area contributed by atoms with Crippen LogP contribution >= 0.6 is 0 Å². The minimum absolute atomic E-state index is 0.0128. The fraction of sp³-hybridized carbons (Fsp3) is 0.407. The number of imide groups is 1. The number of carbonyl (C=O) groups is 3. The number of anilines is 2. The minimum atomic E-state index is -0.442. The van der Waals surface area contributed by atoms with E-state index in [2.05, 4.69) is 35.2 Å². The van der Waals surface area contributed by atoms with Gasteiger partial charge in [-0.2, -0.15) is 15.0 Å². The lowest BCUT2D eigenvalue weighted by molar-refractivity contribution is -0.124. The second-order valence-corrected chi connectivity index (χ2v) is 10.8. The maximum atomic E-state index is 12.9. The van der Waals surface area contributed by atoms with Crippen LogP contribution in [0.25, 0.3) is 5.65 Å². The van der Waals surface area contributed by atoms with Gasteiger partial charge in [0.2, 0.25) is 11.9 Å². The summed E-state index contributed by atoms with van der Waals surface area (Å²) in [7, 11) is 1.45. The maximum absolute atomic E-state index is 12.9. The summed E-state index contributed by atoms with van der Waals surface area (Å²) in [5.74, 6) is 0.975. The van der Waals surface area contributed by atoms with Crippen LogP contribution in [0.15, 0.2) is 24.7 Å². The largest absolute Gasteiger partial charge is 0.457 e. The Labute approximate surface area is 239 Å². The summed E-state index contributed by atoms with van der Waals surface area (Å²) in [5.41, 5.74) is 2.68. The molecule has 1 aliphatic heterocycles. The van der Waals surface area contributed by atoms with E-state index in [0.717, 1.165) is 29.1 Å². The zero-order chi connectivity index (χ0) is 29.1. The van der Waals surface area contributed by atoms with Gasteiger partial charge < -0.3 is 9.14 Å². The normalized spacial score (nSPS) is 20.0. The van der Waals surface area contributed by atoms with E-state index in [1.807, 2.05) is 19.2 Å². The number of hydrogen-bond acceptors (Lipinski definition) is 11. The topological polar surface area (TPSA) is 174 Å². The van der Waals surface area contributed by atoms with Gasteiger partial charge in [-0.1, -0.05) is 0 Å². The highest BCUT2D eigenvalue weighted by Crippen LogP contribution is 2.46. The number of aryl methyl sites for hydroxylation is 2. The van der Waals surface area contributed by atoms with Gasteiger partial charge in [-0.25, -0.2) is 24.7 Å². The van der Waals surface area contributed by atoms with Gasteiger partial charge in [0.15, 0.2) is 11.5 Å². The van der Waals surface area contributed by atoms with Crippen molar-refractivity contribution in [2.75, 3.05) is 23.8 Å². The lowest BCUT2D eigenvalue weighted by Gasteiger charge is -2.15. The number of fused-ring (bicyclic) bond motifs is 1. The molecule has 42 heavy (non-hydrogen) atoms. The van der Waals surface area contributed by atoms with Crippen LogP contribution in [0.2, 0.25) is 0 Å². The lowest BCUT2D eigenvalue weighted by Crippen LogP contribution is -2.31. The summed E-state index contributed by atoms with van der Waals surface area (Å²) in [6.45, 7) is 3.49. The first-order chi connectivity index (χ1) is 20.2. The van der Waals surface area contributed by atoms with E-state index in [1.165, 1.54) is 11.9 Å². The summed E-state index contributed by atoms with van der Waals surface area (Å²) in [4.78, 5) is 71.0. The number of aromatic nitrogens is 8. The van der Waals surface area contributed by atoms with E-state index < -0.39 is 6.03 Å². The predicted octanol–water partition coefficient (Wildman–Crippen LogP) is 1.92. The van der Waals surface area contributed by atoms with Gasteiger partial charge in [0.25, 0.3) is 5.91 Å². The Balaban J connectivity index is 1.07. The number of imidazole rings is 1. The van der Waals surface area contributed by atoms with Crippen LogP contribution < -0.4 is 15.0 Å². The third kappa shape index (κ3) is 4.86. The fourth-order valence-corrected chi connectivity index (χ4v) is 4.98. The second-order valence-electron chi connectivity index (χ2n) is 10.8. The van der Waals surface area contributed by atoms with Gasteiger partial charge >= 0.3 is 12.0 Å². The smallest absolute Gasteiger partial charge is 0.332 e. The molecule has 2 aliphatic carbocycles. The van der Waals surface area contributed by atoms with Crippen LogP contribution in [-0.4, -0.2) is 75.6 Å². The van der Waals surface area contributed by atoms with Crippen molar-refractivity contribution in [1.29, 1.82) is 0 Å². The number of urea groups is 1. The Hall–Kier alpha value is -5.08. The van der Waals surface area contributed by atoms with E-state index in [9.17, 15) is 14.4 Å². The molecule has 2 saturated carbocycles. The summed E-state index contributed by atoms with van der Waals surface area (Å²) in [6, 6.07) is 1.41. The van der Waals surface area contributed by atoms with E-state index in [4.69, 9.17) is 9.72 Å². The summed E-state index contributed by atoms with van der Waals surface area (Å²) >= 11 is 0. The molecule has 1 saturated heterocycles. The average Bonchev–Trinajstić information content (AvgIpc) is 3.88. The monoisotopic (exact) mass is 569 g/mol. The van der Waals surface area contributed by atoms with Gasteiger partial charge in [0, 0.05) is 49.1 Å². The van der Waals surface area contributed by atoms with Gasteiger partial charge in [-0.3, -0.25) is 24.7 Å². The Morgan fingerprint density at radius 3 is 2.64 bits per heavy atom. The number of rotatable bonds is 8. The quantitative estimate of drug-likeness (QED) is 0.307. The summed E-state index contributed by atoms with van der Waals surface area (Å²) in [5, 5.41) is 2.76. The molecule has 5 heterocycles. The number of amides is 4. The van der Waals surface area contributed by atoms with Gasteiger partial charge in [0.05, 0.1) is 11.4 Å². The van der Waals surface area contributed by atoms with Gasteiger partial charge in [0.1, 0.15) is 24.8 Å². The minimum Gasteiger partial charge on any atom is -0.457 e. The standard InChI is InChI=1S/C27H27N11O4/c1-13-6-7-28-21(29-13)17-8-18(17)24(40)34-25-30-14(2)31-26(35-25)42-12-16-9-37-10-19(15-4-5-15)33-23(22(37)32-16)38-11-20(39)36(3)27(38)41/h6-7,9-10,15,17-18H,4-5,8,11-12H2,1-3H3,(H,30,31,34,35,40)/t17-,18-/m0/s1. The molecule has 0 unspecified atom stereocenters. The van der Waals surface area contributed by atoms with Crippen molar-refractivity contribution >= 4 is 35.3 Å². The van der Waals surface area contributed by atoms with E-state index >= 15 is 0 Å². The first-order valence-electron chi connectivity index (χ1n) is 13.7. The van der Waals surface area contributed by atoms with Crippen molar-refractivity contribution in [3.63, 3.8) is 0 Å². The SMILES string of the molecule is Cc1ccnc([C@H]2C[C@@H]2C(=O)Nc2nc(C)nc(OCc3cn4cc(C5CC5)nc(N5CC(=O)N(C)C5=O)c4n3)n2)n1. The molecule has 0 aromatic carbocycles. The molecule has 214 valence electrons. The molecule has 4 aromatic heterocycles. The second kappa shape index (κ2) is 9.78. The fourth-order valence-electron chi connectivity index (χ4n) is 4.98. The van der Waals surface area contributed by atoms with Crippen molar-refractivity contribution in [3.8, 4) is 6.01 Å². The van der Waals surface area contributed by atoms with Crippen molar-refractivity contribution in [3.05, 3.63) is 53.4 Å². The van der Waals surface area contributed by atoms with Crippen LogP contribution in [0, 0.1) is 19.8 Å². The predicted molar refractivity (Wildman–Crippen MR) is 146 cm³/mol. The van der Waals surface area contributed by atoms with E-state index in [1.54, 1.807) is 23.7 Å². The molecule has 4 aromatic rings. The highest BCUT2D eigenvalue weighted by Gasteiger charge is 2.46. The average molecular weight is 570 g/mol. The summed E-state index contributed by atoms with van der Waals surface area (Å²) in [6.07, 6.45) is 8.08. The van der Waals surface area contributed by atoms with Crippen molar-refractivity contribution in [2.45, 2.75) is 51.6 Å². The molecule has 7 rings (SSSR count). The number of ether oxygens (including phenoxy) is 1. The first-order valence-corrected chi connectivity index (χ1v) is 13.7. The Morgan fingerprint density at radius 2 is 1.90 bits per heavy atom. The molecule has 15 heteroatoms. The number of nitrogens with zero attached hydrogens (tertiary/aromatic N) is 10. The highest BCUT2D eigenvalue weighted by atomic mass is 16.5. The molecule has 0 bridgehead atoms. The molecule has 15 nitrogen and oxygen atoms in total. The van der Waals surface area contributed by atoms with Gasteiger partial charge in [-0.15, -0.1) is 0 Å². The molecule has 2 atom stereocenters. The molecular formula is C27H27N11O4. The lowest BCUT2D eigenvalue weighted by atomic mass is 10.2. The molecule has 1 N–H and O–H groups in total. The van der Waals surface area contributed by atoms with Crippen LogP contribution in [0.3, 0.4) is 0 Å². The van der Waals surface area contributed by atoms with Crippen molar-refractivity contribution in [1.82, 2.24) is 44.2 Å². The van der Waals surface area contributed by atoms with E-state index in [0.29, 0.717) is 41.1 Å². The third-order valence-corrected chi connectivity index (χ3v) is 7.51. The highest BCUT2D eigenvalue weighted by molar-refractivity contribution is 6.12. The number of carbonyl (C=O) groups excluding carboxylic acids is 3. The van der Waals surface area contributed by atoms with Crippen LogP contribution in [0.1, 0.15) is 59.8 Å². The molecule has 3 aliphatic rings. The third-order valence-electron chi connectivity index (χ3n) is 7.51. The molecular weight excluding hydrogens is 542 g/mol. The molecule has 4 amide bonds. The Bertz CT molecular complexity index is 1770. The first kappa shape index (κ1) is 25.9. The maximum Gasteiger partial charge on any atom is 0.332 e. The number of hydrogen-bond donors (Lipinski definition) is 1. The van der Waals surface area contributed by atoms with Crippen LogP contribution in [0.5, 0.6) is 6.01 Å². The Kier molecular flexibility index (Phi) is 6.02. The number of nitrogens with one attached hydrogen (secondary N) is 1. The zero-order valence-corrected chi connectivity index (χ0v) is 23.2. The number of likely N-dealkylation sites (N-methyl/N-ethyl adjacent to an activating group) is 1. The summed E-state index contributed by atoms with van der Waals surface area (Å²) < 4.78 is 7.65. The van der Waals surface area contributed by atoms with Crippen molar-refractivity contribution < 1.29 is 19.1 Å². The zero-order valence-electron chi connectivity index (χ0n) is 23.2. The molecule has 0 spiro atoms.